The van der Waals surface area contributed by atoms with E-state index in [0.29, 0.717) is 23.6 Å². The van der Waals surface area contributed by atoms with Crippen molar-refractivity contribution in [2.24, 2.45) is 0 Å². The first-order valence-electron chi connectivity index (χ1n) is 6.32. The number of aromatic amines is 1. The van der Waals surface area contributed by atoms with Crippen LogP contribution < -0.4 is 10.1 Å². The van der Waals surface area contributed by atoms with Crippen molar-refractivity contribution in [3.8, 4) is 11.8 Å². The number of rotatable bonds is 4. The van der Waals surface area contributed by atoms with E-state index in [1.165, 1.54) is 12.1 Å². The van der Waals surface area contributed by atoms with Gasteiger partial charge in [-0.05, 0) is 31.3 Å². The van der Waals surface area contributed by atoms with Gasteiger partial charge in [0.05, 0.1) is 11.0 Å². The van der Waals surface area contributed by atoms with Crippen LogP contribution in [0.25, 0.3) is 11.0 Å². The topological polar surface area (TPSA) is 49.9 Å². The van der Waals surface area contributed by atoms with E-state index in [9.17, 15) is 4.39 Å². The highest BCUT2D eigenvalue weighted by atomic mass is 19.1. The Balaban J connectivity index is 1.93. The summed E-state index contributed by atoms with van der Waals surface area (Å²) in [5.74, 6) is 0.421. The molecule has 0 fully saturated rings. The lowest BCUT2D eigenvalue weighted by Crippen LogP contribution is -2.06. The first kappa shape index (κ1) is 12.6. The summed E-state index contributed by atoms with van der Waals surface area (Å²) in [6.45, 7) is 0.699. The molecular formula is C15H14FN3O. The summed E-state index contributed by atoms with van der Waals surface area (Å²) in [6.07, 6.45) is 0. The van der Waals surface area contributed by atoms with Crippen LogP contribution in [0, 0.1) is 5.82 Å². The van der Waals surface area contributed by atoms with Crippen LogP contribution in [0.15, 0.2) is 42.5 Å². The van der Waals surface area contributed by atoms with Gasteiger partial charge in [0.15, 0.2) is 0 Å². The molecular weight excluding hydrogens is 257 g/mol. The molecule has 0 amide bonds. The van der Waals surface area contributed by atoms with E-state index in [1.54, 1.807) is 6.07 Å². The minimum absolute atomic E-state index is 0.303. The van der Waals surface area contributed by atoms with Crippen molar-refractivity contribution in [3.63, 3.8) is 0 Å². The number of para-hydroxylation sites is 1. The summed E-state index contributed by atoms with van der Waals surface area (Å²) in [5.41, 5.74) is 2.32. The Morgan fingerprint density at radius 1 is 1.25 bits per heavy atom. The number of imidazole rings is 1. The number of hydrogen-bond acceptors (Lipinski definition) is 3. The Hall–Kier alpha value is -2.40. The predicted molar refractivity (Wildman–Crippen MR) is 75.3 cm³/mol. The fourth-order valence-electron chi connectivity index (χ4n) is 2.05. The average Bonchev–Trinajstić information content (AvgIpc) is 2.82. The molecule has 2 N–H and O–H groups in total. The molecule has 0 saturated carbocycles. The largest absolute Gasteiger partial charge is 0.425 e. The second-order valence-corrected chi connectivity index (χ2v) is 4.44. The molecule has 0 aliphatic heterocycles. The molecule has 0 bridgehead atoms. The maximum absolute atomic E-state index is 13.1. The molecule has 4 nitrogen and oxygen atoms in total. The fourth-order valence-corrected chi connectivity index (χ4v) is 2.05. The van der Waals surface area contributed by atoms with Gasteiger partial charge < -0.3 is 15.0 Å². The molecule has 0 atom stereocenters. The highest BCUT2D eigenvalue weighted by Gasteiger charge is 2.08. The van der Waals surface area contributed by atoms with Crippen LogP contribution in [-0.4, -0.2) is 17.0 Å². The van der Waals surface area contributed by atoms with Gasteiger partial charge in [-0.1, -0.05) is 18.2 Å². The third kappa shape index (κ3) is 2.48. The molecule has 2 aromatic carbocycles. The van der Waals surface area contributed by atoms with Crippen LogP contribution in [0.4, 0.5) is 4.39 Å². The molecule has 0 spiro atoms. The third-order valence-corrected chi connectivity index (χ3v) is 2.97. The Labute approximate surface area is 115 Å². The normalized spacial score (nSPS) is 10.9. The molecule has 3 aromatic rings. The van der Waals surface area contributed by atoms with Crippen molar-refractivity contribution >= 4 is 11.0 Å². The summed E-state index contributed by atoms with van der Waals surface area (Å²) in [6, 6.07) is 12.5. The van der Waals surface area contributed by atoms with E-state index >= 15 is 0 Å². The number of H-pyrrole nitrogens is 1. The molecule has 0 saturated heterocycles. The summed E-state index contributed by atoms with van der Waals surface area (Å²) in [5, 5.41) is 3.08. The first-order chi connectivity index (χ1) is 9.76. The number of fused-ring (bicyclic) bond motifs is 1. The van der Waals surface area contributed by atoms with Gasteiger partial charge in [-0.15, -0.1) is 0 Å². The van der Waals surface area contributed by atoms with E-state index in [2.05, 4.69) is 15.3 Å². The molecule has 1 heterocycles. The summed E-state index contributed by atoms with van der Waals surface area (Å²) in [7, 11) is 1.88. The maximum atomic E-state index is 13.1. The number of ether oxygens (including phenoxy) is 1. The number of nitrogens with zero attached hydrogens (tertiary/aromatic N) is 1. The Bertz CT molecular complexity index is 739. The van der Waals surface area contributed by atoms with Crippen molar-refractivity contribution in [2.45, 2.75) is 6.54 Å². The minimum atomic E-state index is -0.303. The first-order valence-corrected chi connectivity index (χ1v) is 6.32. The van der Waals surface area contributed by atoms with Crippen LogP contribution in [-0.2, 0) is 6.54 Å². The van der Waals surface area contributed by atoms with E-state index < -0.39 is 0 Å². The summed E-state index contributed by atoms with van der Waals surface area (Å²) >= 11 is 0. The van der Waals surface area contributed by atoms with Crippen LogP contribution in [0.2, 0.25) is 0 Å². The van der Waals surface area contributed by atoms with Crippen molar-refractivity contribution in [1.29, 1.82) is 0 Å². The van der Waals surface area contributed by atoms with Crippen molar-refractivity contribution in [3.05, 3.63) is 53.8 Å². The van der Waals surface area contributed by atoms with E-state index in [4.69, 9.17) is 4.74 Å². The molecule has 0 aliphatic carbocycles. The summed E-state index contributed by atoms with van der Waals surface area (Å²) in [4.78, 5) is 7.25. The second kappa shape index (κ2) is 5.30. The summed E-state index contributed by atoms with van der Waals surface area (Å²) < 4.78 is 18.9. The molecule has 3 rings (SSSR count). The second-order valence-electron chi connectivity index (χ2n) is 4.44. The molecule has 1 aromatic heterocycles. The Kier molecular flexibility index (Phi) is 3.35. The van der Waals surface area contributed by atoms with Gasteiger partial charge in [-0.25, -0.2) is 4.39 Å². The average molecular weight is 271 g/mol. The standard InChI is InChI=1S/C15H14FN3O/c1-17-9-10-4-2-3-5-14(10)20-15-18-12-7-6-11(16)8-13(12)19-15/h2-8,17H,9H2,1H3,(H,18,19). The van der Waals surface area contributed by atoms with E-state index in [1.807, 2.05) is 31.3 Å². The quantitative estimate of drug-likeness (QED) is 0.766. The van der Waals surface area contributed by atoms with Gasteiger partial charge in [0.25, 0.3) is 6.01 Å². The molecule has 102 valence electrons. The lowest BCUT2D eigenvalue weighted by molar-refractivity contribution is 0.442. The van der Waals surface area contributed by atoms with Crippen LogP contribution in [0.3, 0.4) is 0 Å². The van der Waals surface area contributed by atoms with E-state index in [0.717, 1.165) is 11.3 Å². The molecule has 0 radical (unpaired) electrons. The highest BCUT2D eigenvalue weighted by Crippen LogP contribution is 2.25. The van der Waals surface area contributed by atoms with Crippen molar-refractivity contribution < 1.29 is 9.13 Å². The molecule has 20 heavy (non-hydrogen) atoms. The van der Waals surface area contributed by atoms with Crippen LogP contribution in [0.1, 0.15) is 5.56 Å². The van der Waals surface area contributed by atoms with Gasteiger partial charge in [0, 0.05) is 12.1 Å². The van der Waals surface area contributed by atoms with Gasteiger partial charge >= 0.3 is 0 Å². The minimum Gasteiger partial charge on any atom is -0.425 e. The Morgan fingerprint density at radius 3 is 2.95 bits per heavy atom. The number of nitrogens with one attached hydrogen (secondary N) is 2. The number of aromatic nitrogens is 2. The third-order valence-electron chi connectivity index (χ3n) is 2.97. The highest BCUT2D eigenvalue weighted by molar-refractivity contribution is 5.75. The zero-order valence-corrected chi connectivity index (χ0v) is 11.0. The van der Waals surface area contributed by atoms with Crippen molar-refractivity contribution in [1.82, 2.24) is 15.3 Å². The zero-order chi connectivity index (χ0) is 13.9. The zero-order valence-electron chi connectivity index (χ0n) is 11.0. The van der Waals surface area contributed by atoms with Gasteiger partial charge in [-0.3, -0.25) is 0 Å². The maximum Gasteiger partial charge on any atom is 0.300 e. The molecule has 0 unspecified atom stereocenters. The van der Waals surface area contributed by atoms with Crippen LogP contribution in [0.5, 0.6) is 11.8 Å². The molecule has 0 aliphatic rings. The van der Waals surface area contributed by atoms with Gasteiger partial charge in [-0.2, -0.15) is 4.98 Å². The SMILES string of the molecule is CNCc1ccccc1Oc1nc2ccc(F)cc2[nH]1. The number of halogens is 1. The van der Waals surface area contributed by atoms with E-state index in [-0.39, 0.29) is 5.82 Å². The van der Waals surface area contributed by atoms with Gasteiger partial charge in [0.2, 0.25) is 0 Å². The Morgan fingerprint density at radius 2 is 2.10 bits per heavy atom. The number of hydrogen-bond donors (Lipinski definition) is 2. The van der Waals surface area contributed by atoms with Crippen molar-refractivity contribution in [2.75, 3.05) is 7.05 Å². The smallest absolute Gasteiger partial charge is 0.300 e. The lowest BCUT2D eigenvalue weighted by atomic mass is 10.2. The fraction of sp³-hybridized carbons (Fsp3) is 0.133. The number of benzene rings is 2. The molecule has 5 heteroatoms. The lowest BCUT2D eigenvalue weighted by Gasteiger charge is -2.08. The monoisotopic (exact) mass is 271 g/mol. The predicted octanol–water partition coefficient (Wildman–Crippen LogP) is 3.21. The van der Waals surface area contributed by atoms with Gasteiger partial charge in [0.1, 0.15) is 11.6 Å². The van der Waals surface area contributed by atoms with Crippen LogP contribution >= 0.6 is 0 Å².